The molecule has 1 rings (SSSR count). The molecule has 0 spiro atoms. The fourth-order valence-electron chi connectivity index (χ4n) is 1.26. The fraction of sp³-hybridized carbons (Fsp3) is 0.538. The number of rotatable bonds is 5. The summed E-state index contributed by atoms with van der Waals surface area (Å²) in [6.45, 7) is 7.58. The van der Waals surface area contributed by atoms with Gasteiger partial charge in [0.15, 0.2) is 0 Å². The number of aryl methyl sites for hydroxylation is 1. The zero-order valence-electron chi connectivity index (χ0n) is 10.2. The second-order valence-electron chi connectivity index (χ2n) is 4.90. The van der Waals surface area contributed by atoms with Crippen LogP contribution in [0.1, 0.15) is 25.8 Å². The van der Waals surface area contributed by atoms with Gasteiger partial charge in [-0.2, -0.15) is 0 Å². The summed E-state index contributed by atoms with van der Waals surface area (Å²) in [5.74, 6) is 0.750. The number of hydrogen-bond donors (Lipinski definition) is 1. The molecule has 0 aliphatic rings. The topological polar surface area (TPSA) is 35.2 Å². The van der Waals surface area contributed by atoms with Crippen LogP contribution < -0.4 is 10.5 Å². The Bertz CT molecular complexity index is 350. The maximum Gasteiger partial charge on any atom is 0.137 e. The monoisotopic (exact) mass is 241 g/mol. The molecule has 0 saturated carbocycles. The van der Waals surface area contributed by atoms with Crippen LogP contribution in [0.5, 0.6) is 5.75 Å². The van der Waals surface area contributed by atoms with Crippen LogP contribution in [0, 0.1) is 12.3 Å². The fourth-order valence-corrected chi connectivity index (χ4v) is 1.55. The first-order chi connectivity index (χ1) is 7.44. The van der Waals surface area contributed by atoms with Crippen LogP contribution in [0.3, 0.4) is 0 Å². The Morgan fingerprint density at radius 1 is 1.38 bits per heavy atom. The molecule has 1 aromatic carbocycles. The lowest BCUT2D eigenvalue weighted by Gasteiger charge is -2.22. The average molecular weight is 242 g/mol. The summed E-state index contributed by atoms with van der Waals surface area (Å²) in [5, 5.41) is 0.672. The van der Waals surface area contributed by atoms with Gasteiger partial charge in [-0.05, 0) is 43.0 Å². The van der Waals surface area contributed by atoms with Crippen molar-refractivity contribution < 1.29 is 4.74 Å². The zero-order valence-corrected chi connectivity index (χ0v) is 11.0. The summed E-state index contributed by atoms with van der Waals surface area (Å²) in [7, 11) is 0. The molecule has 0 heterocycles. The zero-order chi connectivity index (χ0) is 12.2. The van der Waals surface area contributed by atoms with Crippen molar-refractivity contribution in [2.24, 2.45) is 11.1 Å². The largest absolute Gasteiger partial charge is 0.492 e. The first-order valence-electron chi connectivity index (χ1n) is 5.54. The lowest BCUT2D eigenvalue weighted by Crippen LogP contribution is -2.25. The van der Waals surface area contributed by atoms with E-state index in [1.807, 2.05) is 25.1 Å². The Labute approximate surface area is 103 Å². The van der Waals surface area contributed by atoms with Gasteiger partial charge in [-0.25, -0.2) is 0 Å². The molecule has 0 aliphatic heterocycles. The predicted octanol–water partition coefficient (Wildman–Crippen LogP) is 3.40. The lowest BCUT2D eigenvalue weighted by molar-refractivity contribution is 0.233. The minimum atomic E-state index is 0.122. The van der Waals surface area contributed by atoms with E-state index in [1.165, 1.54) is 0 Å². The summed E-state index contributed by atoms with van der Waals surface area (Å²) in [6.07, 6.45) is 0.924. The van der Waals surface area contributed by atoms with Gasteiger partial charge in [0.1, 0.15) is 5.75 Å². The van der Waals surface area contributed by atoms with Crippen molar-refractivity contribution >= 4 is 11.6 Å². The molecule has 0 bridgehead atoms. The average Bonchev–Trinajstić information content (AvgIpc) is 2.21. The minimum Gasteiger partial charge on any atom is -0.492 e. The molecule has 0 aliphatic carbocycles. The first kappa shape index (κ1) is 13.3. The van der Waals surface area contributed by atoms with Gasteiger partial charge in [0, 0.05) is 0 Å². The van der Waals surface area contributed by atoms with E-state index in [0.29, 0.717) is 18.2 Å². The number of halogens is 1. The van der Waals surface area contributed by atoms with Crippen molar-refractivity contribution in [3.05, 3.63) is 28.8 Å². The molecule has 0 atom stereocenters. The second-order valence-corrected chi connectivity index (χ2v) is 5.31. The van der Waals surface area contributed by atoms with E-state index in [-0.39, 0.29) is 5.41 Å². The van der Waals surface area contributed by atoms with E-state index in [2.05, 4.69) is 13.8 Å². The Balaban J connectivity index is 2.49. The van der Waals surface area contributed by atoms with Crippen LogP contribution in [0.15, 0.2) is 18.2 Å². The van der Waals surface area contributed by atoms with Gasteiger partial charge in [0.25, 0.3) is 0 Å². The van der Waals surface area contributed by atoms with Crippen molar-refractivity contribution in [3.63, 3.8) is 0 Å². The molecule has 1 aromatic rings. The molecule has 0 unspecified atom stereocenters. The van der Waals surface area contributed by atoms with Gasteiger partial charge in [-0.1, -0.05) is 31.5 Å². The van der Waals surface area contributed by atoms with Crippen molar-refractivity contribution in [1.82, 2.24) is 0 Å². The van der Waals surface area contributed by atoms with Crippen LogP contribution >= 0.6 is 11.6 Å². The standard InChI is InChI=1S/C13H20ClNO/c1-10-4-5-12(11(14)8-10)16-7-6-13(2,3)9-15/h4-5,8H,6-7,9,15H2,1-3H3. The number of ether oxygens (including phenoxy) is 1. The maximum atomic E-state index is 6.06. The van der Waals surface area contributed by atoms with Gasteiger partial charge >= 0.3 is 0 Å². The van der Waals surface area contributed by atoms with Crippen molar-refractivity contribution in [2.75, 3.05) is 13.2 Å². The maximum absolute atomic E-state index is 6.06. The van der Waals surface area contributed by atoms with E-state index in [1.54, 1.807) is 0 Å². The minimum absolute atomic E-state index is 0.122. The SMILES string of the molecule is Cc1ccc(OCCC(C)(C)CN)c(Cl)c1. The molecule has 2 N–H and O–H groups in total. The molecule has 0 amide bonds. The highest BCUT2D eigenvalue weighted by atomic mass is 35.5. The Kier molecular flexibility index (Phi) is 4.63. The van der Waals surface area contributed by atoms with Crippen LogP contribution in [-0.2, 0) is 0 Å². The van der Waals surface area contributed by atoms with E-state index in [0.717, 1.165) is 17.7 Å². The summed E-state index contributed by atoms with van der Waals surface area (Å²) in [6, 6.07) is 5.81. The summed E-state index contributed by atoms with van der Waals surface area (Å²) in [4.78, 5) is 0. The summed E-state index contributed by atoms with van der Waals surface area (Å²) >= 11 is 6.06. The van der Waals surface area contributed by atoms with Crippen LogP contribution in [0.2, 0.25) is 5.02 Å². The van der Waals surface area contributed by atoms with Gasteiger partial charge in [-0.3, -0.25) is 0 Å². The molecule has 0 aromatic heterocycles. The predicted molar refractivity (Wildman–Crippen MR) is 69.1 cm³/mol. The van der Waals surface area contributed by atoms with Crippen molar-refractivity contribution in [2.45, 2.75) is 27.2 Å². The molecular weight excluding hydrogens is 222 g/mol. The molecule has 2 nitrogen and oxygen atoms in total. The molecule has 0 fully saturated rings. The van der Waals surface area contributed by atoms with Gasteiger partial charge in [0.05, 0.1) is 11.6 Å². The third kappa shape index (κ3) is 4.03. The van der Waals surface area contributed by atoms with E-state index in [4.69, 9.17) is 22.1 Å². The molecule has 16 heavy (non-hydrogen) atoms. The number of nitrogens with two attached hydrogens (primary N) is 1. The third-order valence-electron chi connectivity index (χ3n) is 2.68. The van der Waals surface area contributed by atoms with Crippen LogP contribution in [0.25, 0.3) is 0 Å². The molecule has 90 valence electrons. The highest BCUT2D eigenvalue weighted by Crippen LogP contribution is 2.26. The molecular formula is C13H20ClNO. The Morgan fingerprint density at radius 2 is 2.06 bits per heavy atom. The van der Waals surface area contributed by atoms with E-state index in [9.17, 15) is 0 Å². The van der Waals surface area contributed by atoms with E-state index < -0.39 is 0 Å². The Hall–Kier alpha value is -0.730. The summed E-state index contributed by atoms with van der Waals surface area (Å²) < 4.78 is 5.64. The normalized spacial score (nSPS) is 11.6. The summed E-state index contributed by atoms with van der Waals surface area (Å²) in [5.41, 5.74) is 6.91. The first-order valence-corrected chi connectivity index (χ1v) is 5.91. The van der Waals surface area contributed by atoms with Crippen molar-refractivity contribution in [1.29, 1.82) is 0 Å². The van der Waals surface area contributed by atoms with Crippen LogP contribution in [-0.4, -0.2) is 13.2 Å². The lowest BCUT2D eigenvalue weighted by atomic mass is 9.90. The quantitative estimate of drug-likeness (QED) is 0.858. The van der Waals surface area contributed by atoms with Crippen LogP contribution in [0.4, 0.5) is 0 Å². The Morgan fingerprint density at radius 3 is 2.62 bits per heavy atom. The number of benzene rings is 1. The van der Waals surface area contributed by atoms with Gasteiger partial charge < -0.3 is 10.5 Å². The van der Waals surface area contributed by atoms with Gasteiger partial charge in [0.2, 0.25) is 0 Å². The highest BCUT2D eigenvalue weighted by molar-refractivity contribution is 6.32. The van der Waals surface area contributed by atoms with Crippen molar-refractivity contribution in [3.8, 4) is 5.75 Å². The highest BCUT2D eigenvalue weighted by Gasteiger charge is 2.15. The third-order valence-corrected chi connectivity index (χ3v) is 2.97. The van der Waals surface area contributed by atoms with Gasteiger partial charge in [-0.15, -0.1) is 0 Å². The molecule has 0 saturated heterocycles. The second kappa shape index (κ2) is 5.55. The molecule has 0 radical (unpaired) electrons. The number of hydrogen-bond acceptors (Lipinski definition) is 2. The molecule has 3 heteroatoms. The van der Waals surface area contributed by atoms with E-state index >= 15 is 0 Å². The smallest absolute Gasteiger partial charge is 0.137 e.